The Morgan fingerprint density at radius 1 is 1.10 bits per heavy atom. The van der Waals surface area contributed by atoms with E-state index in [4.69, 9.17) is 0 Å². The number of hydrogen-bond donors (Lipinski definition) is 1. The van der Waals surface area contributed by atoms with Crippen LogP contribution in [0.2, 0.25) is 0 Å². The van der Waals surface area contributed by atoms with E-state index in [0.29, 0.717) is 25.4 Å². The lowest BCUT2D eigenvalue weighted by atomic mass is 9.81. The third kappa shape index (κ3) is 3.22. The maximum Gasteiger partial charge on any atom is 0.307 e. The third-order valence-corrected chi connectivity index (χ3v) is 4.71. The number of aliphatic carboxylic acids is 1. The Morgan fingerprint density at radius 2 is 1.70 bits per heavy atom. The number of rotatable bonds is 4. The first-order valence-corrected chi connectivity index (χ1v) is 7.83. The maximum absolute atomic E-state index is 12.8. The molecular formula is C16H25NO3. The first kappa shape index (κ1) is 15.1. The molecular weight excluding hydrogens is 254 g/mol. The standard InChI is InChI=1S/C16H25NO3/c1-2-17(12-8-4-3-5-9-12)15(18)13-10-6-7-11-14(13)16(19)20/h6-7,12-14H,2-5,8-11H2,1H3,(H,19,20)/t13-,14+/m1/s1. The van der Waals surface area contributed by atoms with Gasteiger partial charge in [-0.05, 0) is 32.6 Å². The Bertz CT molecular complexity index is 385. The molecule has 0 spiro atoms. The molecule has 20 heavy (non-hydrogen) atoms. The van der Waals surface area contributed by atoms with Crippen LogP contribution < -0.4 is 0 Å². The molecule has 2 atom stereocenters. The molecule has 0 radical (unpaired) electrons. The predicted molar refractivity (Wildman–Crippen MR) is 77.2 cm³/mol. The average Bonchev–Trinajstić information content (AvgIpc) is 2.49. The SMILES string of the molecule is CCN(C(=O)[C@@H]1CC=CC[C@@H]1C(=O)O)C1CCCCC1. The second-order valence-corrected chi connectivity index (χ2v) is 5.91. The molecule has 1 fully saturated rings. The molecule has 2 aliphatic carbocycles. The zero-order valence-corrected chi connectivity index (χ0v) is 12.3. The fourth-order valence-corrected chi connectivity index (χ4v) is 3.56. The number of carboxylic acids is 1. The van der Waals surface area contributed by atoms with Crippen LogP contribution in [-0.2, 0) is 9.59 Å². The van der Waals surface area contributed by atoms with Crippen LogP contribution in [0.15, 0.2) is 12.2 Å². The number of carbonyl (C=O) groups is 2. The fourth-order valence-electron chi connectivity index (χ4n) is 3.56. The van der Waals surface area contributed by atoms with E-state index in [1.807, 2.05) is 24.0 Å². The van der Waals surface area contributed by atoms with Crippen LogP contribution in [0, 0.1) is 11.8 Å². The lowest BCUT2D eigenvalue weighted by Gasteiger charge is -2.37. The molecule has 2 aliphatic rings. The molecule has 0 heterocycles. The van der Waals surface area contributed by atoms with Crippen LogP contribution in [0.1, 0.15) is 51.9 Å². The summed E-state index contributed by atoms with van der Waals surface area (Å²) >= 11 is 0. The van der Waals surface area contributed by atoms with Gasteiger partial charge in [0.2, 0.25) is 5.91 Å². The molecule has 1 amide bonds. The second kappa shape index (κ2) is 6.91. The summed E-state index contributed by atoms with van der Waals surface area (Å²) in [5.41, 5.74) is 0. The van der Waals surface area contributed by atoms with Crippen LogP contribution in [0.5, 0.6) is 0 Å². The van der Waals surface area contributed by atoms with E-state index in [2.05, 4.69) is 0 Å². The summed E-state index contributed by atoms with van der Waals surface area (Å²) in [6.07, 6.45) is 10.7. The lowest BCUT2D eigenvalue weighted by Crippen LogP contribution is -2.47. The molecule has 0 aliphatic heterocycles. The number of nitrogens with zero attached hydrogens (tertiary/aromatic N) is 1. The second-order valence-electron chi connectivity index (χ2n) is 5.91. The maximum atomic E-state index is 12.8. The highest BCUT2D eigenvalue weighted by atomic mass is 16.4. The van der Waals surface area contributed by atoms with E-state index in [1.54, 1.807) is 0 Å². The Morgan fingerprint density at radius 3 is 2.25 bits per heavy atom. The van der Waals surface area contributed by atoms with Crippen molar-refractivity contribution in [3.05, 3.63) is 12.2 Å². The van der Waals surface area contributed by atoms with Gasteiger partial charge in [-0.25, -0.2) is 0 Å². The first-order valence-electron chi connectivity index (χ1n) is 7.83. The summed E-state index contributed by atoms with van der Waals surface area (Å²) in [5.74, 6) is -1.71. The molecule has 0 saturated heterocycles. The van der Waals surface area contributed by atoms with Gasteiger partial charge in [0.1, 0.15) is 0 Å². The van der Waals surface area contributed by atoms with Gasteiger partial charge in [0.05, 0.1) is 11.8 Å². The van der Waals surface area contributed by atoms with Crippen molar-refractivity contribution in [2.24, 2.45) is 11.8 Å². The normalized spacial score (nSPS) is 27.2. The first-order chi connectivity index (χ1) is 9.65. The van der Waals surface area contributed by atoms with Crippen molar-refractivity contribution < 1.29 is 14.7 Å². The molecule has 112 valence electrons. The van der Waals surface area contributed by atoms with Crippen molar-refractivity contribution in [3.8, 4) is 0 Å². The molecule has 4 nitrogen and oxygen atoms in total. The van der Waals surface area contributed by atoms with Crippen molar-refractivity contribution in [1.29, 1.82) is 0 Å². The summed E-state index contributed by atoms with van der Waals surface area (Å²) in [7, 11) is 0. The molecule has 1 N–H and O–H groups in total. The van der Waals surface area contributed by atoms with Crippen LogP contribution in [0.4, 0.5) is 0 Å². The molecule has 0 aromatic rings. The number of hydrogen-bond acceptors (Lipinski definition) is 2. The van der Waals surface area contributed by atoms with Crippen molar-refractivity contribution in [1.82, 2.24) is 4.90 Å². The van der Waals surface area contributed by atoms with Gasteiger partial charge in [0.25, 0.3) is 0 Å². The summed E-state index contributed by atoms with van der Waals surface area (Å²) < 4.78 is 0. The average molecular weight is 279 g/mol. The van der Waals surface area contributed by atoms with E-state index in [1.165, 1.54) is 19.3 Å². The van der Waals surface area contributed by atoms with Crippen molar-refractivity contribution in [3.63, 3.8) is 0 Å². The largest absolute Gasteiger partial charge is 0.481 e. The quantitative estimate of drug-likeness (QED) is 0.805. The molecule has 0 aromatic heterocycles. The number of amides is 1. The summed E-state index contributed by atoms with van der Waals surface area (Å²) in [4.78, 5) is 26.1. The molecule has 0 bridgehead atoms. The molecule has 1 saturated carbocycles. The van der Waals surface area contributed by atoms with Gasteiger partial charge < -0.3 is 10.0 Å². The van der Waals surface area contributed by atoms with Crippen LogP contribution >= 0.6 is 0 Å². The lowest BCUT2D eigenvalue weighted by molar-refractivity contribution is -0.151. The van der Waals surface area contributed by atoms with E-state index in [9.17, 15) is 14.7 Å². The topological polar surface area (TPSA) is 57.6 Å². The van der Waals surface area contributed by atoms with Gasteiger partial charge in [-0.3, -0.25) is 9.59 Å². The third-order valence-electron chi connectivity index (χ3n) is 4.71. The minimum Gasteiger partial charge on any atom is -0.481 e. The monoisotopic (exact) mass is 279 g/mol. The molecule has 2 rings (SSSR count). The van der Waals surface area contributed by atoms with E-state index >= 15 is 0 Å². The Hall–Kier alpha value is -1.32. The van der Waals surface area contributed by atoms with Crippen LogP contribution in [-0.4, -0.2) is 34.5 Å². The smallest absolute Gasteiger partial charge is 0.307 e. The minimum atomic E-state index is -0.840. The van der Waals surface area contributed by atoms with Gasteiger partial charge in [-0.15, -0.1) is 0 Å². The predicted octanol–water partition coefficient (Wildman–Crippen LogP) is 2.83. The minimum absolute atomic E-state index is 0.0520. The van der Waals surface area contributed by atoms with Gasteiger partial charge >= 0.3 is 5.97 Å². The van der Waals surface area contributed by atoms with Crippen molar-refractivity contribution in [2.45, 2.75) is 57.9 Å². The molecule has 4 heteroatoms. The van der Waals surface area contributed by atoms with Crippen LogP contribution in [0.25, 0.3) is 0 Å². The number of allylic oxidation sites excluding steroid dienone is 2. The highest BCUT2D eigenvalue weighted by molar-refractivity contribution is 5.85. The van der Waals surface area contributed by atoms with Gasteiger partial charge in [-0.2, -0.15) is 0 Å². The summed E-state index contributed by atoms with van der Waals surface area (Å²) in [6, 6.07) is 0.321. The van der Waals surface area contributed by atoms with Crippen molar-refractivity contribution in [2.75, 3.05) is 6.54 Å². The zero-order chi connectivity index (χ0) is 14.5. The molecule has 0 unspecified atom stereocenters. The summed E-state index contributed by atoms with van der Waals surface area (Å²) in [5, 5.41) is 9.32. The Balaban J connectivity index is 2.10. The number of carbonyl (C=O) groups excluding carboxylic acids is 1. The van der Waals surface area contributed by atoms with Gasteiger partial charge in [0.15, 0.2) is 0 Å². The van der Waals surface area contributed by atoms with Crippen molar-refractivity contribution >= 4 is 11.9 Å². The summed E-state index contributed by atoms with van der Waals surface area (Å²) in [6.45, 7) is 2.69. The fraction of sp³-hybridized carbons (Fsp3) is 0.750. The Labute approximate surface area is 120 Å². The van der Waals surface area contributed by atoms with Gasteiger partial charge in [-0.1, -0.05) is 31.4 Å². The number of carboxylic acid groups (broad SMARTS) is 1. The van der Waals surface area contributed by atoms with Crippen LogP contribution in [0.3, 0.4) is 0 Å². The van der Waals surface area contributed by atoms with Gasteiger partial charge in [0, 0.05) is 12.6 Å². The highest BCUT2D eigenvalue weighted by Crippen LogP contribution is 2.30. The molecule has 0 aromatic carbocycles. The Kier molecular flexibility index (Phi) is 5.21. The van der Waals surface area contributed by atoms with E-state index in [-0.39, 0.29) is 11.8 Å². The zero-order valence-electron chi connectivity index (χ0n) is 12.3. The highest BCUT2D eigenvalue weighted by Gasteiger charge is 2.37. The van der Waals surface area contributed by atoms with E-state index in [0.717, 1.165) is 12.8 Å². The van der Waals surface area contributed by atoms with E-state index < -0.39 is 11.9 Å².